The second kappa shape index (κ2) is 6.91. The number of nitrogens with zero attached hydrogens (tertiary/aromatic N) is 1. The van der Waals surface area contributed by atoms with Crippen molar-refractivity contribution in [1.82, 2.24) is 0 Å². The molecule has 24 heavy (non-hydrogen) atoms. The number of aliphatic carboxylic acids is 1. The van der Waals surface area contributed by atoms with E-state index in [9.17, 15) is 9.18 Å². The van der Waals surface area contributed by atoms with Crippen molar-refractivity contribution >= 4 is 11.7 Å². The number of carboxylic acids is 1. The lowest BCUT2D eigenvalue weighted by Crippen LogP contribution is -2.31. The summed E-state index contributed by atoms with van der Waals surface area (Å²) in [5.41, 5.74) is 1.86. The maximum Gasteiger partial charge on any atom is 0.305 e. The number of ether oxygens (including phenoxy) is 1. The van der Waals surface area contributed by atoms with E-state index < -0.39 is 12.1 Å². The minimum Gasteiger partial charge on any atom is -0.481 e. The Morgan fingerprint density at radius 3 is 2.62 bits per heavy atom. The molecule has 1 heterocycles. The summed E-state index contributed by atoms with van der Waals surface area (Å²) in [7, 11) is 0. The first kappa shape index (κ1) is 16.3. The lowest BCUT2D eigenvalue weighted by molar-refractivity contribution is -0.137. The number of para-hydroxylation sites is 1. The van der Waals surface area contributed by atoms with E-state index in [1.807, 2.05) is 60.4 Å². The highest BCUT2D eigenvalue weighted by atomic mass is 19.1. The smallest absolute Gasteiger partial charge is 0.305 e. The first-order chi connectivity index (χ1) is 11.5. The summed E-state index contributed by atoms with van der Waals surface area (Å²) in [4.78, 5) is 12.8. The lowest BCUT2D eigenvalue weighted by atomic mass is 10.1. The number of alkyl halides is 1. The molecular formula is C19H20FNO3. The molecule has 126 valence electrons. The third-order valence-electron chi connectivity index (χ3n) is 4.26. The van der Waals surface area contributed by atoms with Crippen LogP contribution in [-0.4, -0.2) is 29.8 Å². The fourth-order valence-electron chi connectivity index (χ4n) is 3.07. The number of halogens is 1. The molecule has 1 N–H and O–H groups in total. The van der Waals surface area contributed by atoms with Crippen LogP contribution in [0.15, 0.2) is 48.5 Å². The molecule has 1 aliphatic rings. The van der Waals surface area contributed by atoms with Crippen LogP contribution in [0.3, 0.4) is 0 Å². The predicted octanol–water partition coefficient (Wildman–Crippen LogP) is 4.18. The molecule has 0 aromatic heterocycles. The minimum absolute atomic E-state index is 0.0537. The highest BCUT2D eigenvalue weighted by molar-refractivity contribution is 5.69. The van der Waals surface area contributed by atoms with Crippen LogP contribution in [-0.2, 0) is 4.79 Å². The molecule has 0 spiro atoms. The summed E-state index contributed by atoms with van der Waals surface area (Å²) in [5, 5.41) is 8.99. The summed E-state index contributed by atoms with van der Waals surface area (Å²) >= 11 is 0. The van der Waals surface area contributed by atoms with E-state index in [-0.39, 0.29) is 25.4 Å². The standard InChI is InChI=1S/C19H20FNO3/c1-13-4-2-3-5-18(13)24-17-8-6-15(7-9-17)21-12-14(20)10-16(21)11-19(22)23/h2-9,14,16H,10-12H2,1H3,(H,22,23)/t14-,16-/m0/s1. The van der Waals surface area contributed by atoms with Crippen molar-refractivity contribution in [3.63, 3.8) is 0 Å². The number of carboxylic acid groups (broad SMARTS) is 1. The van der Waals surface area contributed by atoms with Gasteiger partial charge in [0.1, 0.15) is 17.7 Å². The zero-order chi connectivity index (χ0) is 17.1. The molecule has 3 rings (SSSR count). The molecule has 0 unspecified atom stereocenters. The monoisotopic (exact) mass is 329 g/mol. The molecule has 0 aliphatic carbocycles. The fourth-order valence-corrected chi connectivity index (χ4v) is 3.07. The van der Waals surface area contributed by atoms with Crippen LogP contribution in [0.4, 0.5) is 10.1 Å². The van der Waals surface area contributed by atoms with E-state index in [1.54, 1.807) is 0 Å². The number of hydrogen-bond acceptors (Lipinski definition) is 3. The Labute approximate surface area is 140 Å². The summed E-state index contributed by atoms with van der Waals surface area (Å²) < 4.78 is 19.6. The highest BCUT2D eigenvalue weighted by Gasteiger charge is 2.33. The van der Waals surface area contributed by atoms with Crippen molar-refractivity contribution in [1.29, 1.82) is 0 Å². The third kappa shape index (κ3) is 3.67. The largest absolute Gasteiger partial charge is 0.481 e. The van der Waals surface area contributed by atoms with Crippen LogP contribution in [0.5, 0.6) is 11.5 Å². The van der Waals surface area contributed by atoms with Crippen LogP contribution in [0.1, 0.15) is 18.4 Å². The molecule has 2 aromatic rings. The van der Waals surface area contributed by atoms with E-state index in [4.69, 9.17) is 9.84 Å². The Balaban J connectivity index is 1.74. The Morgan fingerprint density at radius 1 is 1.25 bits per heavy atom. The lowest BCUT2D eigenvalue weighted by Gasteiger charge is -2.25. The zero-order valence-corrected chi connectivity index (χ0v) is 13.5. The number of rotatable bonds is 5. The van der Waals surface area contributed by atoms with Gasteiger partial charge in [-0.1, -0.05) is 18.2 Å². The summed E-state index contributed by atoms with van der Waals surface area (Å²) in [5.74, 6) is 0.580. The Hall–Kier alpha value is -2.56. The molecule has 0 saturated carbocycles. The van der Waals surface area contributed by atoms with Gasteiger partial charge < -0.3 is 14.7 Å². The molecule has 0 amide bonds. The van der Waals surface area contributed by atoms with Gasteiger partial charge in [0, 0.05) is 24.7 Å². The van der Waals surface area contributed by atoms with Gasteiger partial charge in [-0.25, -0.2) is 4.39 Å². The molecule has 0 radical (unpaired) electrons. The van der Waals surface area contributed by atoms with Gasteiger partial charge in [-0.2, -0.15) is 0 Å². The van der Waals surface area contributed by atoms with E-state index in [1.165, 1.54) is 0 Å². The van der Waals surface area contributed by atoms with Crippen LogP contribution < -0.4 is 9.64 Å². The topological polar surface area (TPSA) is 49.8 Å². The molecule has 4 nitrogen and oxygen atoms in total. The van der Waals surface area contributed by atoms with E-state index in [2.05, 4.69) is 0 Å². The second-order valence-corrected chi connectivity index (χ2v) is 6.10. The first-order valence-corrected chi connectivity index (χ1v) is 7.99. The SMILES string of the molecule is Cc1ccccc1Oc1ccc(N2C[C@@H](F)C[C@H]2CC(=O)O)cc1. The third-order valence-corrected chi connectivity index (χ3v) is 4.26. The summed E-state index contributed by atoms with van der Waals surface area (Å²) in [6.45, 7) is 2.21. The molecule has 2 aromatic carbocycles. The van der Waals surface area contributed by atoms with Crippen molar-refractivity contribution < 1.29 is 19.0 Å². The van der Waals surface area contributed by atoms with Gasteiger partial charge in [-0.3, -0.25) is 4.79 Å². The van der Waals surface area contributed by atoms with Gasteiger partial charge in [0.05, 0.1) is 6.42 Å². The highest BCUT2D eigenvalue weighted by Crippen LogP contribution is 2.32. The molecule has 1 saturated heterocycles. The fraction of sp³-hybridized carbons (Fsp3) is 0.316. The predicted molar refractivity (Wildman–Crippen MR) is 90.6 cm³/mol. The van der Waals surface area contributed by atoms with E-state index in [0.29, 0.717) is 5.75 Å². The summed E-state index contributed by atoms with van der Waals surface area (Å²) in [6, 6.07) is 14.8. The molecule has 5 heteroatoms. The average molecular weight is 329 g/mol. The van der Waals surface area contributed by atoms with Crippen LogP contribution >= 0.6 is 0 Å². The van der Waals surface area contributed by atoms with Crippen LogP contribution in [0, 0.1) is 6.92 Å². The Morgan fingerprint density at radius 2 is 1.96 bits per heavy atom. The van der Waals surface area contributed by atoms with Crippen molar-refractivity contribution in [2.75, 3.05) is 11.4 Å². The zero-order valence-electron chi connectivity index (χ0n) is 13.5. The minimum atomic E-state index is -0.989. The van der Waals surface area contributed by atoms with Gasteiger partial charge >= 0.3 is 5.97 Å². The van der Waals surface area contributed by atoms with Crippen molar-refractivity contribution in [2.24, 2.45) is 0 Å². The molecule has 0 bridgehead atoms. The molecular weight excluding hydrogens is 309 g/mol. The Bertz CT molecular complexity index is 717. The van der Waals surface area contributed by atoms with Gasteiger partial charge in [0.2, 0.25) is 0 Å². The van der Waals surface area contributed by atoms with Gasteiger partial charge in [-0.15, -0.1) is 0 Å². The Kier molecular flexibility index (Phi) is 4.69. The van der Waals surface area contributed by atoms with E-state index >= 15 is 0 Å². The molecule has 1 fully saturated rings. The number of anilines is 1. The number of aryl methyl sites for hydroxylation is 1. The van der Waals surface area contributed by atoms with Crippen LogP contribution in [0.25, 0.3) is 0 Å². The quantitative estimate of drug-likeness (QED) is 0.894. The molecule has 1 aliphatic heterocycles. The maximum atomic E-state index is 13.7. The summed E-state index contributed by atoms with van der Waals surface area (Å²) in [6.07, 6.45) is -0.785. The second-order valence-electron chi connectivity index (χ2n) is 6.10. The van der Waals surface area contributed by atoms with Gasteiger partial charge in [0.25, 0.3) is 0 Å². The first-order valence-electron chi connectivity index (χ1n) is 7.99. The number of carbonyl (C=O) groups is 1. The van der Waals surface area contributed by atoms with Gasteiger partial charge in [0.15, 0.2) is 0 Å². The van der Waals surface area contributed by atoms with E-state index in [0.717, 1.165) is 17.0 Å². The number of hydrogen-bond donors (Lipinski definition) is 1. The van der Waals surface area contributed by atoms with Crippen molar-refractivity contribution in [3.05, 3.63) is 54.1 Å². The average Bonchev–Trinajstić information content (AvgIpc) is 2.90. The van der Waals surface area contributed by atoms with Crippen molar-refractivity contribution in [3.8, 4) is 11.5 Å². The maximum absolute atomic E-state index is 13.7. The molecule has 2 atom stereocenters. The van der Waals surface area contributed by atoms with Gasteiger partial charge in [-0.05, 0) is 42.8 Å². The normalized spacial score (nSPS) is 20.2. The number of benzene rings is 2. The van der Waals surface area contributed by atoms with Crippen LogP contribution in [0.2, 0.25) is 0 Å². The van der Waals surface area contributed by atoms with Crippen molar-refractivity contribution in [2.45, 2.75) is 32.0 Å².